The second kappa shape index (κ2) is 5.64. The van der Waals surface area contributed by atoms with Crippen LogP contribution < -0.4 is 10.6 Å². The third-order valence-electron chi connectivity index (χ3n) is 4.01. The van der Waals surface area contributed by atoms with Crippen LogP contribution in [0.15, 0.2) is 24.3 Å². The van der Waals surface area contributed by atoms with Gasteiger partial charge in [-0.15, -0.1) is 0 Å². The highest BCUT2D eigenvalue weighted by Gasteiger charge is 2.23. The molecule has 2 N–H and O–H groups in total. The molecule has 0 atom stereocenters. The van der Waals surface area contributed by atoms with Crippen LogP contribution in [0.2, 0.25) is 0 Å². The molecule has 0 heterocycles. The second-order valence-electron chi connectivity index (χ2n) is 5.81. The molecule has 2 aliphatic rings. The first-order chi connectivity index (χ1) is 9.31. The molecule has 19 heavy (non-hydrogen) atoms. The molecular weight excluding hydrogens is 236 g/mol. The summed E-state index contributed by atoms with van der Waals surface area (Å²) in [7, 11) is 0. The quantitative estimate of drug-likeness (QED) is 0.869. The van der Waals surface area contributed by atoms with Crippen LogP contribution in [-0.2, 0) is 0 Å². The minimum absolute atomic E-state index is 0.0646. The molecule has 2 fully saturated rings. The summed E-state index contributed by atoms with van der Waals surface area (Å²) in [5.41, 5.74) is 1.85. The van der Waals surface area contributed by atoms with Crippen LogP contribution in [0.5, 0.6) is 0 Å². The maximum Gasteiger partial charge on any atom is 0.251 e. The lowest BCUT2D eigenvalue weighted by Gasteiger charge is -2.24. The van der Waals surface area contributed by atoms with Gasteiger partial charge in [-0.25, -0.2) is 0 Å². The van der Waals surface area contributed by atoms with Crippen molar-refractivity contribution in [3.8, 4) is 0 Å². The molecule has 2 saturated carbocycles. The van der Waals surface area contributed by atoms with Gasteiger partial charge in [0.25, 0.3) is 5.91 Å². The standard InChI is InChI=1S/C16H22N2O/c19-16(18-14-9-10-14)12-5-4-8-15(11-12)17-13-6-2-1-3-7-13/h4-5,8,11,13-14,17H,1-3,6-7,9-10H2,(H,18,19). The van der Waals surface area contributed by atoms with Crippen LogP contribution >= 0.6 is 0 Å². The molecule has 3 nitrogen and oxygen atoms in total. The van der Waals surface area contributed by atoms with Gasteiger partial charge in [0.15, 0.2) is 0 Å². The monoisotopic (exact) mass is 258 g/mol. The number of benzene rings is 1. The van der Waals surface area contributed by atoms with Crippen molar-refractivity contribution in [3.63, 3.8) is 0 Å². The summed E-state index contributed by atoms with van der Waals surface area (Å²) in [4.78, 5) is 12.0. The Morgan fingerprint density at radius 1 is 1.00 bits per heavy atom. The minimum Gasteiger partial charge on any atom is -0.382 e. The molecule has 0 spiro atoms. The normalized spacial score (nSPS) is 20.0. The zero-order valence-electron chi connectivity index (χ0n) is 11.3. The molecule has 2 aliphatic carbocycles. The number of hydrogen-bond acceptors (Lipinski definition) is 2. The van der Waals surface area contributed by atoms with E-state index in [0.29, 0.717) is 12.1 Å². The summed E-state index contributed by atoms with van der Waals surface area (Å²) < 4.78 is 0. The first-order valence-corrected chi connectivity index (χ1v) is 7.49. The Kier molecular flexibility index (Phi) is 3.72. The van der Waals surface area contributed by atoms with Crippen molar-refractivity contribution < 1.29 is 4.79 Å². The van der Waals surface area contributed by atoms with E-state index in [0.717, 1.165) is 24.1 Å². The fourth-order valence-electron chi connectivity index (χ4n) is 2.73. The lowest BCUT2D eigenvalue weighted by molar-refractivity contribution is 0.0951. The fourth-order valence-corrected chi connectivity index (χ4v) is 2.73. The van der Waals surface area contributed by atoms with E-state index in [2.05, 4.69) is 16.7 Å². The molecular formula is C16H22N2O. The highest BCUT2D eigenvalue weighted by atomic mass is 16.1. The smallest absolute Gasteiger partial charge is 0.251 e. The van der Waals surface area contributed by atoms with E-state index in [4.69, 9.17) is 0 Å². The summed E-state index contributed by atoms with van der Waals surface area (Å²) in [6.07, 6.45) is 8.76. The number of carbonyl (C=O) groups excluding carboxylic acids is 1. The van der Waals surface area contributed by atoms with E-state index < -0.39 is 0 Å². The lowest BCUT2D eigenvalue weighted by Crippen LogP contribution is -2.26. The van der Waals surface area contributed by atoms with Crippen molar-refractivity contribution in [2.24, 2.45) is 0 Å². The van der Waals surface area contributed by atoms with Crippen molar-refractivity contribution in [2.75, 3.05) is 5.32 Å². The minimum atomic E-state index is 0.0646. The highest BCUT2D eigenvalue weighted by Crippen LogP contribution is 2.23. The maximum atomic E-state index is 12.0. The third kappa shape index (κ3) is 3.49. The Morgan fingerprint density at radius 3 is 2.53 bits per heavy atom. The van der Waals surface area contributed by atoms with Gasteiger partial charge < -0.3 is 10.6 Å². The molecule has 0 saturated heterocycles. The number of carbonyl (C=O) groups is 1. The van der Waals surface area contributed by atoms with Gasteiger partial charge in [0.1, 0.15) is 0 Å². The van der Waals surface area contributed by atoms with Gasteiger partial charge in [0.05, 0.1) is 0 Å². The molecule has 0 aliphatic heterocycles. The Morgan fingerprint density at radius 2 is 1.79 bits per heavy atom. The Hall–Kier alpha value is -1.51. The second-order valence-corrected chi connectivity index (χ2v) is 5.81. The van der Waals surface area contributed by atoms with Crippen molar-refractivity contribution >= 4 is 11.6 Å². The molecule has 0 unspecified atom stereocenters. The number of amides is 1. The number of rotatable bonds is 4. The average Bonchev–Trinajstić information content (AvgIpc) is 3.24. The van der Waals surface area contributed by atoms with E-state index in [1.165, 1.54) is 32.1 Å². The molecule has 3 rings (SSSR count). The SMILES string of the molecule is O=C(NC1CC1)c1cccc(NC2CCCCC2)c1. The third-order valence-corrected chi connectivity index (χ3v) is 4.01. The molecule has 1 amide bonds. The summed E-state index contributed by atoms with van der Waals surface area (Å²) >= 11 is 0. The number of anilines is 1. The summed E-state index contributed by atoms with van der Waals surface area (Å²) in [6.45, 7) is 0. The van der Waals surface area contributed by atoms with E-state index in [9.17, 15) is 4.79 Å². The largest absolute Gasteiger partial charge is 0.382 e. The summed E-state index contributed by atoms with van der Waals surface area (Å²) in [6, 6.07) is 8.89. The predicted molar refractivity (Wildman–Crippen MR) is 77.4 cm³/mol. The van der Waals surface area contributed by atoms with Crippen LogP contribution in [0.25, 0.3) is 0 Å². The topological polar surface area (TPSA) is 41.1 Å². The Balaban J connectivity index is 1.62. The number of nitrogens with one attached hydrogen (secondary N) is 2. The van der Waals surface area contributed by atoms with Gasteiger partial charge in [-0.1, -0.05) is 25.3 Å². The van der Waals surface area contributed by atoms with E-state index in [1.807, 2.05) is 18.2 Å². The molecule has 1 aromatic rings. The summed E-state index contributed by atoms with van der Waals surface area (Å²) in [5, 5.41) is 6.60. The molecule has 102 valence electrons. The zero-order valence-corrected chi connectivity index (χ0v) is 11.3. The van der Waals surface area contributed by atoms with Crippen LogP contribution in [-0.4, -0.2) is 18.0 Å². The number of hydrogen-bond donors (Lipinski definition) is 2. The lowest BCUT2D eigenvalue weighted by atomic mass is 9.95. The average molecular weight is 258 g/mol. The molecule has 0 aromatic heterocycles. The van der Waals surface area contributed by atoms with Crippen LogP contribution in [0.1, 0.15) is 55.3 Å². The van der Waals surface area contributed by atoms with Crippen LogP contribution in [0.4, 0.5) is 5.69 Å². The first-order valence-electron chi connectivity index (χ1n) is 7.49. The Labute approximate surface area is 114 Å². The van der Waals surface area contributed by atoms with Gasteiger partial charge in [-0.3, -0.25) is 4.79 Å². The highest BCUT2D eigenvalue weighted by molar-refractivity contribution is 5.95. The molecule has 0 bridgehead atoms. The van der Waals surface area contributed by atoms with E-state index in [-0.39, 0.29) is 5.91 Å². The van der Waals surface area contributed by atoms with Gasteiger partial charge in [-0.05, 0) is 43.9 Å². The summed E-state index contributed by atoms with van der Waals surface area (Å²) in [5.74, 6) is 0.0646. The fraction of sp³-hybridized carbons (Fsp3) is 0.562. The first kappa shape index (κ1) is 12.5. The van der Waals surface area contributed by atoms with Crippen LogP contribution in [0.3, 0.4) is 0 Å². The van der Waals surface area contributed by atoms with Crippen molar-refractivity contribution in [1.82, 2.24) is 5.32 Å². The van der Waals surface area contributed by atoms with Gasteiger partial charge in [-0.2, -0.15) is 0 Å². The molecule has 1 aromatic carbocycles. The zero-order chi connectivity index (χ0) is 13.1. The predicted octanol–water partition coefficient (Wildman–Crippen LogP) is 3.32. The van der Waals surface area contributed by atoms with E-state index in [1.54, 1.807) is 0 Å². The van der Waals surface area contributed by atoms with Gasteiger partial charge in [0, 0.05) is 23.3 Å². The van der Waals surface area contributed by atoms with E-state index >= 15 is 0 Å². The Bertz CT molecular complexity index is 448. The molecule has 3 heteroatoms. The van der Waals surface area contributed by atoms with Crippen LogP contribution in [0, 0.1) is 0 Å². The van der Waals surface area contributed by atoms with Crippen molar-refractivity contribution in [1.29, 1.82) is 0 Å². The van der Waals surface area contributed by atoms with Gasteiger partial charge in [0.2, 0.25) is 0 Å². The van der Waals surface area contributed by atoms with Crippen molar-refractivity contribution in [2.45, 2.75) is 57.0 Å². The van der Waals surface area contributed by atoms with Crippen molar-refractivity contribution in [3.05, 3.63) is 29.8 Å². The maximum absolute atomic E-state index is 12.0. The van der Waals surface area contributed by atoms with Gasteiger partial charge >= 0.3 is 0 Å². The molecule has 0 radical (unpaired) electrons.